The molecule has 0 amide bonds. The highest BCUT2D eigenvalue weighted by atomic mass is 32.1. The summed E-state index contributed by atoms with van der Waals surface area (Å²) in [5.74, 6) is 1.19. The van der Waals surface area contributed by atoms with Gasteiger partial charge in [0.05, 0.1) is 29.0 Å². The summed E-state index contributed by atoms with van der Waals surface area (Å²) < 4.78 is 5.25. The SMILES string of the molecule is COc1ccc2c(N)cc(-c3csc(C(C)C)n3)nc2c1. The van der Waals surface area contributed by atoms with Crippen LogP contribution in [0.3, 0.4) is 0 Å². The zero-order valence-electron chi connectivity index (χ0n) is 12.3. The van der Waals surface area contributed by atoms with Crippen LogP contribution in [0.25, 0.3) is 22.3 Å². The van der Waals surface area contributed by atoms with Gasteiger partial charge in [0.25, 0.3) is 0 Å². The Morgan fingerprint density at radius 2 is 1.95 bits per heavy atom. The third-order valence-electron chi connectivity index (χ3n) is 3.33. The van der Waals surface area contributed by atoms with Crippen molar-refractivity contribution in [1.29, 1.82) is 0 Å². The van der Waals surface area contributed by atoms with Gasteiger partial charge in [-0.1, -0.05) is 13.8 Å². The maximum absolute atomic E-state index is 6.15. The van der Waals surface area contributed by atoms with Crippen molar-refractivity contribution >= 4 is 27.9 Å². The third-order valence-corrected chi connectivity index (χ3v) is 4.47. The number of ether oxygens (including phenoxy) is 1. The van der Waals surface area contributed by atoms with Crippen LogP contribution in [0.4, 0.5) is 5.69 Å². The van der Waals surface area contributed by atoms with E-state index in [4.69, 9.17) is 10.5 Å². The number of rotatable bonds is 3. The minimum absolute atomic E-state index is 0.418. The zero-order chi connectivity index (χ0) is 15.0. The lowest BCUT2D eigenvalue weighted by atomic mass is 10.1. The van der Waals surface area contributed by atoms with Gasteiger partial charge in [0.1, 0.15) is 5.75 Å². The Balaban J connectivity index is 2.13. The molecule has 21 heavy (non-hydrogen) atoms. The Bertz CT molecular complexity index is 795. The average molecular weight is 299 g/mol. The summed E-state index contributed by atoms with van der Waals surface area (Å²) in [7, 11) is 1.64. The minimum Gasteiger partial charge on any atom is -0.497 e. The van der Waals surface area contributed by atoms with Crippen LogP contribution in [0.1, 0.15) is 24.8 Å². The van der Waals surface area contributed by atoms with Crippen LogP contribution in [0.15, 0.2) is 29.6 Å². The number of aromatic nitrogens is 2. The van der Waals surface area contributed by atoms with Crippen LogP contribution in [-0.4, -0.2) is 17.1 Å². The summed E-state index contributed by atoms with van der Waals surface area (Å²) in [6, 6.07) is 7.60. The number of nitrogens with zero attached hydrogens (tertiary/aromatic N) is 2. The van der Waals surface area contributed by atoms with Gasteiger partial charge < -0.3 is 10.5 Å². The molecule has 2 heterocycles. The van der Waals surface area contributed by atoms with E-state index in [1.807, 2.05) is 29.6 Å². The number of thiazole rings is 1. The van der Waals surface area contributed by atoms with Crippen molar-refractivity contribution < 1.29 is 4.74 Å². The van der Waals surface area contributed by atoms with Gasteiger partial charge >= 0.3 is 0 Å². The molecule has 3 rings (SSSR count). The lowest BCUT2D eigenvalue weighted by Gasteiger charge is -2.06. The van der Waals surface area contributed by atoms with Gasteiger partial charge in [-0.2, -0.15) is 0 Å². The van der Waals surface area contributed by atoms with E-state index in [2.05, 4.69) is 23.8 Å². The van der Waals surface area contributed by atoms with Crippen LogP contribution in [0.5, 0.6) is 5.75 Å². The molecule has 0 spiro atoms. The van der Waals surface area contributed by atoms with Crippen LogP contribution in [0, 0.1) is 0 Å². The second-order valence-electron chi connectivity index (χ2n) is 5.21. The molecule has 0 fully saturated rings. The van der Waals surface area contributed by atoms with Gasteiger partial charge in [0.15, 0.2) is 0 Å². The zero-order valence-corrected chi connectivity index (χ0v) is 13.1. The fourth-order valence-electron chi connectivity index (χ4n) is 2.16. The second kappa shape index (κ2) is 5.33. The van der Waals surface area contributed by atoms with Gasteiger partial charge in [-0.3, -0.25) is 0 Å². The van der Waals surface area contributed by atoms with E-state index in [0.29, 0.717) is 11.6 Å². The number of hydrogen-bond acceptors (Lipinski definition) is 5. The van der Waals surface area contributed by atoms with E-state index < -0.39 is 0 Å². The normalized spacial score (nSPS) is 11.2. The molecule has 0 aliphatic rings. The molecule has 108 valence electrons. The highest BCUT2D eigenvalue weighted by molar-refractivity contribution is 7.10. The molecule has 0 aliphatic carbocycles. The number of nitrogens with two attached hydrogens (primary N) is 1. The first kappa shape index (κ1) is 13.8. The summed E-state index contributed by atoms with van der Waals surface area (Å²) >= 11 is 1.65. The predicted octanol–water partition coefficient (Wildman–Crippen LogP) is 4.07. The molecule has 2 N–H and O–H groups in total. The number of anilines is 1. The molecule has 3 aromatic rings. The molecule has 2 aromatic heterocycles. The second-order valence-corrected chi connectivity index (χ2v) is 6.10. The number of pyridine rings is 1. The van der Waals surface area contributed by atoms with Crippen molar-refractivity contribution in [2.24, 2.45) is 0 Å². The monoisotopic (exact) mass is 299 g/mol. The summed E-state index contributed by atoms with van der Waals surface area (Å²) in [6.07, 6.45) is 0. The van der Waals surface area contributed by atoms with Crippen molar-refractivity contribution in [2.75, 3.05) is 12.8 Å². The first-order valence-corrected chi connectivity index (χ1v) is 7.66. The van der Waals surface area contributed by atoms with E-state index in [9.17, 15) is 0 Å². The van der Waals surface area contributed by atoms with E-state index in [1.54, 1.807) is 18.4 Å². The highest BCUT2D eigenvalue weighted by Crippen LogP contribution is 2.30. The topological polar surface area (TPSA) is 61.0 Å². The molecule has 4 nitrogen and oxygen atoms in total. The maximum atomic E-state index is 6.15. The Morgan fingerprint density at radius 1 is 1.14 bits per heavy atom. The molecule has 1 aromatic carbocycles. The lowest BCUT2D eigenvalue weighted by Crippen LogP contribution is -1.94. The van der Waals surface area contributed by atoms with Crippen LogP contribution in [-0.2, 0) is 0 Å². The van der Waals surface area contributed by atoms with Gasteiger partial charge in [-0.15, -0.1) is 11.3 Å². The Hall–Kier alpha value is -2.14. The van der Waals surface area contributed by atoms with Crippen LogP contribution < -0.4 is 10.5 Å². The number of fused-ring (bicyclic) bond motifs is 1. The van der Waals surface area contributed by atoms with E-state index in [-0.39, 0.29) is 0 Å². The van der Waals surface area contributed by atoms with E-state index in [1.165, 1.54) is 0 Å². The lowest BCUT2D eigenvalue weighted by molar-refractivity contribution is 0.415. The number of methoxy groups -OCH3 is 1. The molecular formula is C16H17N3OS. The first-order chi connectivity index (χ1) is 10.1. The van der Waals surface area contributed by atoms with Gasteiger partial charge in [0, 0.05) is 28.4 Å². The summed E-state index contributed by atoms with van der Waals surface area (Å²) in [4.78, 5) is 9.31. The van der Waals surface area contributed by atoms with Crippen molar-refractivity contribution in [1.82, 2.24) is 9.97 Å². The van der Waals surface area contributed by atoms with Crippen molar-refractivity contribution in [3.8, 4) is 17.1 Å². The molecule has 0 saturated carbocycles. The first-order valence-electron chi connectivity index (χ1n) is 6.78. The highest BCUT2D eigenvalue weighted by Gasteiger charge is 2.11. The molecule has 0 aliphatic heterocycles. The van der Waals surface area contributed by atoms with E-state index >= 15 is 0 Å². The fraction of sp³-hybridized carbons (Fsp3) is 0.250. The maximum Gasteiger partial charge on any atom is 0.121 e. The number of nitrogen functional groups attached to an aromatic ring is 1. The summed E-state index contributed by atoms with van der Waals surface area (Å²) in [6.45, 7) is 4.27. The van der Waals surface area contributed by atoms with Crippen molar-refractivity contribution in [2.45, 2.75) is 19.8 Å². The molecule has 5 heteroatoms. The molecule has 0 radical (unpaired) electrons. The minimum atomic E-state index is 0.418. The Kier molecular flexibility index (Phi) is 3.51. The predicted molar refractivity (Wildman–Crippen MR) is 87.9 cm³/mol. The Morgan fingerprint density at radius 3 is 2.62 bits per heavy atom. The van der Waals surface area contributed by atoms with Gasteiger partial charge in [-0.25, -0.2) is 9.97 Å². The molecule has 0 atom stereocenters. The fourth-order valence-corrected chi connectivity index (χ4v) is 2.99. The number of hydrogen-bond donors (Lipinski definition) is 1. The van der Waals surface area contributed by atoms with Crippen molar-refractivity contribution in [3.05, 3.63) is 34.7 Å². The molecule has 0 bridgehead atoms. The van der Waals surface area contributed by atoms with Crippen LogP contribution >= 0.6 is 11.3 Å². The molecule has 0 saturated heterocycles. The molecular weight excluding hydrogens is 282 g/mol. The average Bonchev–Trinajstić information content (AvgIpc) is 2.96. The number of benzene rings is 1. The smallest absolute Gasteiger partial charge is 0.121 e. The van der Waals surface area contributed by atoms with Crippen LogP contribution in [0.2, 0.25) is 0 Å². The van der Waals surface area contributed by atoms with E-state index in [0.717, 1.165) is 33.0 Å². The molecule has 0 unspecified atom stereocenters. The largest absolute Gasteiger partial charge is 0.497 e. The third kappa shape index (κ3) is 2.56. The van der Waals surface area contributed by atoms with Gasteiger partial charge in [0.2, 0.25) is 0 Å². The summed E-state index contributed by atoms with van der Waals surface area (Å²) in [5, 5.41) is 4.07. The van der Waals surface area contributed by atoms with Gasteiger partial charge in [-0.05, 0) is 18.2 Å². The quantitative estimate of drug-likeness (QED) is 0.792. The summed E-state index contributed by atoms with van der Waals surface area (Å²) in [5.41, 5.74) is 9.35. The van der Waals surface area contributed by atoms with Crippen molar-refractivity contribution in [3.63, 3.8) is 0 Å². The standard InChI is InChI=1S/C16H17N3OS/c1-9(2)16-19-15(8-21-16)14-7-12(17)11-5-4-10(20-3)6-13(11)18-14/h4-9H,1-3H3,(H2,17,18). The Labute approximate surface area is 127 Å².